The second kappa shape index (κ2) is 4.75. The molecule has 0 aliphatic carbocycles. The topological polar surface area (TPSA) is 43.8 Å². The van der Waals surface area contributed by atoms with Crippen LogP contribution in [0.4, 0.5) is 10.1 Å². The first kappa shape index (κ1) is 11.9. The Balaban J connectivity index is 2.60. The van der Waals surface area contributed by atoms with Crippen molar-refractivity contribution in [1.82, 2.24) is 9.78 Å². The Morgan fingerprint density at radius 3 is 2.88 bits per heavy atom. The van der Waals surface area contributed by atoms with E-state index < -0.39 is 5.82 Å². The zero-order valence-electron chi connectivity index (χ0n) is 9.45. The van der Waals surface area contributed by atoms with E-state index in [1.165, 1.54) is 16.9 Å². The highest BCUT2D eigenvalue weighted by molar-refractivity contribution is 6.32. The van der Waals surface area contributed by atoms with Crippen LogP contribution >= 0.6 is 11.6 Å². The van der Waals surface area contributed by atoms with Crippen molar-refractivity contribution in [3.8, 4) is 5.69 Å². The highest BCUT2D eigenvalue weighted by Crippen LogP contribution is 2.26. The van der Waals surface area contributed by atoms with Crippen molar-refractivity contribution in [1.29, 1.82) is 0 Å². The molecule has 2 aromatic rings. The number of anilines is 1. The van der Waals surface area contributed by atoms with Crippen LogP contribution in [0.3, 0.4) is 0 Å². The second-order valence-electron chi connectivity index (χ2n) is 3.78. The summed E-state index contributed by atoms with van der Waals surface area (Å²) in [5.74, 6) is -0.405. The Hall–Kier alpha value is -1.55. The van der Waals surface area contributed by atoms with E-state index in [1.54, 1.807) is 12.1 Å². The number of nitrogen functional groups attached to an aromatic ring is 1. The Bertz CT molecular complexity index is 516. The van der Waals surface area contributed by atoms with Crippen LogP contribution in [0.5, 0.6) is 0 Å². The fraction of sp³-hybridized carbons (Fsp3) is 0.250. The number of para-hydroxylation sites is 1. The number of nitrogens with zero attached hydrogens (tertiary/aromatic N) is 2. The van der Waals surface area contributed by atoms with Crippen LogP contribution in [0.2, 0.25) is 5.02 Å². The monoisotopic (exact) mass is 253 g/mol. The van der Waals surface area contributed by atoms with Gasteiger partial charge in [0.25, 0.3) is 0 Å². The molecule has 1 aromatic heterocycles. The van der Waals surface area contributed by atoms with E-state index in [1.807, 2.05) is 6.92 Å². The molecular formula is C12H13ClFN3. The molecule has 0 spiro atoms. The average molecular weight is 254 g/mol. The number of hydrogen-bond acceptors (Lipinski definition) is 2. The van der Waals surface area contributed by atoms with Crippen LogP contribution in [0.1, 0.15) is 19.0 Å². The van der Waals surface area contributed by atoms with Gasteiger partial charge < -0.3 is 5.73 Å². The van der Waals surface area contributed by atoms with E-state index in [-0.39, 0.29) is 5.69 Å². The van der Waals surface area contributed by atoms with E-state index in [0.29, 0.717) is 10.7 Å². The quantitative estimate of drug-likeness (QED) is 0.913. The largest absolute Gasteiger partial charge is 0.396 e. The molecule has 5 heteroatoms. The lowest BCUT2D eigenvalue weighted by Gasteiger charge is -2.10. The second-order valence-corrected chi connectivity index (χ2v) is 4.19. The van der Waals surface area contributed by atoms with Gasteiger partial charge in [0.1, 0.15) is 11.5 Å². The van der Waals surface area contributed by atoms with E-state index in [4.69, 9.17) is 17.3 Å². The molecule has 0 radical (unpaired) electrons. The molecule has 0 fully saturated rings. The van der Waals surface area contributed by atoms with Crippen LogP contribution in [-0.4, -0.2) is 9.78 Å². The van der Waals surface area contributed by atoms with Crippen LogP contribution in [-0.2, 0) is 6.42 Å². The molecule has 1 aromatic carbocycles. The molecule has 1 heterocycles. The van der Waals surface area contributed by atoms with Gasteiger partial charge in [-0.2, -0.15) is 5.10 Å². The summed E-state index contributed by atoms with van der Waals surface area (Å²) in [6.45, 7) is 2.03. The summed E-state index contributed by atoms with van der Waals surface area (Å²) < 4.78 is 15.3. The Morgan fingerprint density at radius 1 is 1.47 bits per heavy atom. The summed E-state index contributed by atoms with van der Waals surface area (Å²) in [7, 11) is 0. The Morgan fingerprint density at radius 2 is 2.24 bits per heavy atom. The molecule has 0 saturated heterocycles. The zero-order chi connectivity index (χ0) is 12.4. The molecule has 0 aliphatic heterocycles. The van der Waals surface area contributed by atoms with Crippen molar-refractivity contribution in [3.63, 3.8) is 0 Å². The van der Waals surface area contributed by atoms with Gasteiger partial charge in [-0.15, -0.1) is 0 Å². The molecule has 3 nitrogen and oxygen atoms in total. The van der Waals surface area contributed by atoms with Gasteiger partial charge in [0.05, 0.1) is 22.6 Å². The number of hydrogen-bond donors (Lipinski definition) is 1. The number of aromatic nitrogens is 2. The van der Waals surface area contributed by atoms with Crippen LogP contribution in [0.25, 0.3) is 5.69 Å². The molecule has 0 atom stereocenters. The molecule has 0 unspecified atom stereocenters. The fourth-order valence-electron chi connectivity index (χ4n) is 1.76. The number of benzene rings is 1. The van der Waals surface area contributed by atoms with Crippen molar-refractivity contribution in [2.24, 2.45) is 0 Å². The van der Waals surface area contributed by atoms with Gasteiger partial charge >= 0.3 is 0 Å². The highest BCUT2D eigenvalue weighted by Gasteiger charge is 2.15. The Kier molecular flexibility index (Phi) is 3.33. The first-order valence-electron chi connectivity index (χ1n) is 5.42. The van der Waals surface area contributed by atoms with Gasteiger partial charge in [-0.05, 0) is 18.6 Å². The SMILES string of the molecule is CCCc1c(N)cnn1-c1c(F)cccc1Cl. The minimum Gasteiger partial charge on any atom is -0.396 e. The summed E-state index contributed by atoms with van der Waals surface area (Å²) in [4.78, 5) is 0. The summed E-state index contributed by atoms with van der Waals surface area (Å²) in [6.07, 6.45) is 3.16. The number of rotatable bonds is 3. The maximum Gasteiger partial charge on any atom is 0.150 e. The van der Waals surface area contributed by atoms with Crippen LogP contribution < -0.4 is 5.73 Å². The lowest BCUT2D eigenvalue weighted by atomic mass is 10.2. The molecule has 2 rings (SSSR count). The first-order valence-corrected chi connectivity index (χ1v) is 5.79. The van der Waals surface area contributed by atoms with Gasteiger partial charge in [0.2, 0.25) is 0 Å². The predicted molar refractivity (Wildman–Crippen MR) is 66.9 cm³/mol. The maximum absolute atomic E-state index is 13.8. The van der Waals surface area contributed by atoms with Crippen molar-refractivity contribution >= 4 is 17.3 Å². The first-order chi connectivity index (χ1) is 8.15. The predicted octanol–water partition coefficient (Wildman–Crippen LogP) is 3.20. The van der Waals surface area contributed by atoms with E-state index in [2.05, 4.69) is 5.10 Å². The summed E-state index contributed by atoms with van der Waals surface area (Å²) >= 11 is 6.00. The van der Waals surface area contributed by atoms with Gasteiger partial charge in [-0.3, -0.25) is 0 Å². The lowest BCUT2D eigenvalue weighted by molar-refractivity contribution is 0.606. The minimum absolute atomic E-state index is 0.259. The smallest absolute Gasteiger partial charge is 0.150 e. The van der Waals surface area contributed by atoms with Crippen molar-refractivity contribution in [3.05, 3.63) is 40.9 Å². The van der Waals surface area contributed by atoms with Crippen molar-refractivity contribution in [2.75, 3.05) is 5.73 Å². The Labute approximate surface area is 104 Å². The molecule has 0 bridgehead atoms. The van der Waals surface area contributed by atoms with Gasteiger partial charge in [0, 0.05) is 0 Å². The van der Waals surface area contributed by atoms with Crippen molar-refractivity contribution < 1.29 is 4.39 Å². The van der Waals surface area contributed by atoms with E-state index in [9.17, 15) is 4.39 Å². The molecule has 17 heavy (non-hydrogen) atoms. The molecule has 0 saturated carbocycles. The third-order valence-electron chi connectivity index (χ3n) is 2.54. The van der Waals surface area contributed by atoms with Crippen LogP contribution in [0.15, 0.2) is 24.4 Å². The van der Waals surface area contributed by atoms with Crippen molar-refractivity contribution in [2.45, 2.75) is 19.8 Å². The van der Waals surface area contributed by atoms with E-state index >= 15 is 0 Å². The molecule has 90 valence electrons. The summed E-state index contributed by atoms with van der Waals surface area (Å²) in [6, 6.07) is 4.55. The van der Waals surface area contributed by atoms with Gasteiger partial charge in [0.15, 0.2) is 0 Å². The molecule has 2 N–H and O–H groups in total. The van der Waals surface area contributed by atoms with Gasteiger partial charge in [-0.1, -0.05) is 31.0 Å². The molecule has 0 amide bonds. The number of nitrogens with two attached hydrogens (primary N) is 1. The van der Waals surface area contributed by atoms with Gasteiger partial charge in [-0.25, -0.2) is 9.07 Å². The van der Waals surface area contributed by atoms with E-state index in [0.717, 1.165) is 18.5 Å². The normalized spacial score (nSPS) is 10.8. The third-order valence-corrected chi connectivity index (χ3v) is 2.84. The number of halogens is 2. The lowest BCUT2D eigenvalue weighted by Crippen LogP contribution is -2.06. The fourth-order valence-corrected chi connectivity index (χ4v) is 2.00. The third kappa shape index (κ3) is 2.13. The molecule has 0 aliphatic rings. The van der Waals surface area contributed by atoms with Crippen LogP contribution in [0, 0.1) is 5.82 Å². The summed E-state index contributed by atoms with van der Waals surface area (Å²) in [5, 5.41) is 4.42. The minimum atomic E-state index is -0.405. The standard InChI is InChI=1S/C12H13ClFN3/c1-2-4-11-10(15)7-16-17(11)12-8(13)5-3-6-9(12)14/h3,5-7H,2,4,15H2,1H3. The molecular weight excluding hydrogens is 241 g/mol. The zero-order valence-corrected chi connectivity index (χ0v) is 10.2. The average Bonchev–Trinajstić information content (AvgIpc) is 2.62. The maximum atomic E-state index is 13.8. The summed E-state index contributed by atoms with van der Waals surface area (Å²) in [5.41, 5.74) is 7.43. The highest BCUT2D eigenvalue weighted by atomic mass is 35.5.